The first-order chi connectivity index (χ1) is 17.4. The lowest BCUT2D eigenvalue weighted by Gasteiger charge is -2.46. The molecule has 0 bridgehead atoms. The van der Waals surface area contributed by atoms with E-state index in [1.54, 1.807) is 42.6 Å². The van der Waals surface area contributed by atoms with E-state index < -0.39 is 35.0 Å². The number of hydrogen-bond donors (Lipinski definition) is 2. The molecule has 4 rings (SSSR count). The summed E-state index contributed by atoms with van der Waals surface area (Å²) in [6.45, 7) is 0.967. The fourth-order valence-corrected chi connectivity index (χ4v) is 4.84. The first-order valence-corrected chi connectivity index (χ1v) is 13.3. The molecule has 0 radical (unpaired) electrons. The van der Waals surface area contributed by atoms with E-state index in [0.29, 0.717) is 35.0 Å². The summed E-state index contributed by atoms with van der Waals surface area (Å²) in [7, 11) is -3.48. The van der Waals surface area contributed by atoms with Gasteiger partial charge in [-0.2, -0.15) is 13.2 Å². The maximum absolute atomic E-state index is 13.5. The average Bonchev–Trinajstić information content (AvgIpc) is 2.84. The predicted octanol–water partition coefficient (Wildman–Crippen LogP) is 3.03. The summed E-state index contributed by atoms with van der Waals surface area (Å²) >= 11 is 0. The smallest absolute Gasteiger partial charge is 0.401 e. The number of aromatic nitrogens is 2. The summed E-state index contributed by atoms with van der Waals surface area (Å²) in [5.74, 6) is 0.436. The number of rotatable bonds is 7. The van der Waals surface area contributed by atoms with Gasteiger partial charge in [0.05, 0.1) is 35.1 Å². The number of hydrogen-bond acceptors (Lipinski definition) is 9. The van der Waals surface area contributed by atoms with Crippen molar-refractivity contribution in [3.05, 3.63) is 66.0 Å². The van der Waals surface area contributed by atoms with Gasteiger partial charge in [-0.25, -0.2) is 23.3 Å². The van der Waals surface area contributed by atoms with E-state index in [4.69, 9.17) is 16.2 Å². The second-order valence-electron chi connectivity index (χ2n) is 8.61. The van der Waals surface area contributed by atoms with E-state index in [-0.39, 0.29) is 17.1 Å². The highest BCUT2D eigenvalue weighted by Gasteiger charge is 2.42. The Morgan fingerprint density at radius 3 is 2.49 bits per heavy atom. The molecule has 1 aromatic carbocycles. The van der Waals surface area contributed by atoms with Crippen LogP contribution >= 0.6 is 0 Å². The van der Waals surface area contributed by atoms with Crippen molar-refractivity contribution in [1.82, 2.24) is 14.9 Å². The minimum absolute atomic E-state index is 0.0320. The Bertz CT molecular complexity index is 1370. The molecule has 0 spiro atoms. The maximum atomic E-state index is 13.5. The van der Waals surface area contributed by atoms with Gasteiger partial charge in [0.2, 0.25) is 5.88 Å². The molecule has 3 heterocycles. The van der Waals surface area contributed by atoms with Gasteiger partial charge in [-0.3, -0.25) is 5.73 Å². The number of ether oxygens (including phenoxy) is 1. The Balaban J connectivity index is 1.76. The van der Waals surface area contributed by atoms with E-state index in [1.165, 1.54) is 17.0 Å². The first-order valence-electron chi connectivity index (χ1n) is 11.4. The number of nitrogens with zero attached hydrogens (tertiary/aromatic N) is 4. The van der Waals surface area contributed by atoms with E-state index in [2.05, 4.69) is 9.97 Å². The van der Waals surface area contributed by atoms with Crippen LogP contribution in [-0.4, -0.2) is 55.2 Å². The summed E-state index contributed by atoms with van der Waals surface area (Å²) < 4.78 is 69.8. The molecule has 4 N–H and O–H groups in total. The molecule has 0 saturated carbocycles. The van der Waals surface area contributed by atoms with Crippen molar-refractivity contribution >= 4 is 15.5 Å². The van der Waals surface area contributed by atoms with Gasteiger partial charge in [-0.1, -0.05) is 12.1 Å². The van der Waals surface area contributed by atoms with Gasteiger partial charge >= 0.3 is 6.18 Å². The Kier molecular flexibility index (Phi) is 7.42. The zero-order chi connectivity index (χ0) is 27.0. The topological polar surface area (TPSA) is 128 Å². The fourth-order valence-electron chi connectivity index (χ4n) is 4.15. The van der Waals surface area contributed by atoms with Gasteiger partial charge in [0.25, 0.3) is 0 Å². The van der Waals surface area contributed by atoms with Crippen molar-refractivity contribution in [2.75, 3.05) is 24.3 Å². The molecule has 2 unspecified atom stereocenters. The highest BCUT2D eigenvalue weighted by atomic mass is 32.2. The summed E-state index contributed by atoms with van der Waals surface area (Å²) in [6.07, 6.45) is -4.40. The third-order valence-electron chi connectivity index (χ3n) is 5.87. The molecule has 1 aliphatic heterocycles. The maximum Gasteiger partial charge on any atom is 0.401 e. The van der Waals surface area contributed by atoms with Crippen molar-refractivity contribution in [2.45, 2.75) is 37.0 Å². The largest absolute Gasteiger partial charge is 0.478 e. The summed E-state index contributed by atoms with van der Waals surface area (Å²) in [6, 6.07) is 13.0. The third-order valence-corrected chi connectivity index (χ3v) is 6.98. The number of halogens is 3. The van der Waals surface area contributed by atoms with Crippen LogP contribution in [-0.2, 0) is 16.4 Å². The molecular weight excluding hydrogens is 509 g/mol. The van der Waals surface area contributed by atoms with Crippen LogP contribution in [0.15, 0.2) is 59.6 Å². The number of anilines is 1. The van der Waals surface area contributed by atoms with Crippen LogP contribution in [0.4, 0.5) is 18.9 Å². The normalized spacial score (nSPS) is 18.5. The van der Waals surface area contributed by atoms with Gasteiger partial charge in [0.15, 0.2) is 9.84 Å². The second kappa shape index (κ2) is 10.2. The van der Waals surface area contributed by atoms with Crippen molar-refractivity contribution in [3.8, 4) is 17.1 Å². The van der Waals surface area contributed by atoms with Gasteiger partial charge in [-0.05, 0) is 42.8 Å². The fraction of sp³-hybridized carbons (Fsp3) is 0.333. The SMILES string of the molecule is CCOc1ccc(-c2ccc3c(n2)C(N)N(CC(F)(F)F)C(N)N3Cc2cccc(S(C)(=O)=O)c2)cn1. The third kappa shape index (κ3) is 6.01. The lowest BCUT2D eigenvalue weighted by atomic mass is 10.1. The van der Waals surface area contributed by atoms with Crippen molar-refractivity contribution < 1.29 is 26.3 Å². The first kappa shape index (κ1) is 26.8. The Labute approximate surface area is 212 Å². The van der Waals surface area contributed by atoms with E-state index in [1.807, 2.05) is 6.92 Å². The van der Waals surface area contributed by atoms with Gasteiger partial charge < -0.3 is 15.4 Å². The average molecular weight is 537 g/mol. The molecule has 13 heteroatoms. The molecule has 2 atom stereocenters. The van der Waals surface area contributed by atoms with Gasteiger partial charge in [0, 0.05) is 30.6 Å². The van der Waals surface area contributed by atoms with Crippen LogP contribution in [0.25, 0.3) is 11.3 Å². The Morgan fingerprint density at radius 1 is 1.11 bits per heavy atom. The molecule has 37 heavy (non-hydrogen) atoms. The molecule has 1 aliphatic rings. The van der Waals surface area contributed by atoms with Crippen molar-refractivity contribution in [2.24, 2.45) is 11.5 Å². The number of alkyl halides is 3. The molecule has 3 aromatic rings. The van der Waals surface area contributed by atoms with Crippen molar-refractivity contribution in [3.63, 3.8) is 0 Å². The number of benzene rings is 1. The molecule has 0 amide bonds. The molecule has 0 saturated heterocycles. The second-order valence-corrected chi connectivity index (χ2v) is 10.6. The van der Waals surface area contributed by atoms with Crippen LogP contribution in [0.5, 0.6) is 5.88 Å². The Morgan fingerprint density at radius 2 is 1.86 bits per heavy atom. The van der Waals surface area contributed by atoms with E-state index in [9.17, 15) is 21.6 Å². The Hall–Kier alpha value is -3.26. The molecule has 0 aliphatic carbocycles. The molecular formula is C24H27F3N6O3S. The lowest BCUT2D eigenvalue weighted by molar-refractivity contribution is -0.158. The van der Waals surface area contributed by atoms with Gasteiger partial charge in [-0.15, -0.1) is 0 Å². The molecule has 198 valence electrons. The summed E-state index contributed by atoms with van der Waals surface area (Å²) in [5.41, 5.74) is 14.9. The van der Waals surface area contributed by atoms with Crippen LogP contribution in [0.3, 0.4) is 0 Å². The molecule has 0 fully saturated rings. The molecule has 9 nitrogen and oxygen atoms in total. The van der Waals surface area contributed by atoms with Crippen LogP contribution < -0.4 is 21.1 Å². The predicted molar refractivity (Wildman–Crippen MR) is 132 cm³/mol. The van der Waals surface area contributed by atoms with E-state index in [0.717, 1.165) is 11.2 Å². The van der Waals surface area contributed by atoms with Crippen LogP contribution in [0, 0.1) is 0 Å². The standard InChI is InChI=1S/C24H27F3N6O3S/c1-3-36-20-10-7-16(12-30-20)18-8-9-19-21(31-18)22(28)33(14-24(25,26)27)23(29)32(19)13-15-5-4-6-17(11-15)37(2,34)35/h4-12,22-23H,3,13-14,28-29H2,1-2H3. The summed E-state index contributed by atoms with van der Waals surface area (Å²) in [5, 5.41) is 0. The highest BCUT2D eigenvalue weighted by molar-refractivity contribution is 7.90. The minimum atomic E-state index is -4.56. The summed E-state index contributed by atoms with van der Waals surface area (Å²) in [4.78, 5) is 11.3. The minimum Gasteiger partial charge on any atom is -0.478 e. The van der Waals surface area contributed by atoms with Crippen LogP contribution in [0.1, 0.15) is 24.3 Å². The van der Waals surface area contributed by atoms with Gasteiger partial charge in [0.1, 0.15) is 12.5 Å². The zero-order valence-corrected chi connectivity index (χ0v) is 21.0. The monoisotopic (exact) mass is 536 g/mol. The number of pyridine rings is 2. The molecule has 2 aromatic heterocycles. The lowest BCUT2D eigenvalue weighted by Crippen LogP contribution is -2.62. The van der Waals surface area contributed by atoms with Crippen LogP contribution in [0.2, 0.25) is 0 Å². The zero-order valence-electron chi connectivity index (χ0n) is 20.2. The highest BCUT2D eigenvalue weighted by Crippen LogP contribution is 2.38. The number of fused-ring (bicyclic) bond motifs is 1. The van der Waals surface area contributed by atoms with E-state index >= 15 is 0 Å². The number of sulfone groups is 1. The quantitative estimate of drug-likeness (QED) is 0.468. The number of nitrogens with two attached hydrogens (primary N) is 2. The van der Waals surface area contributed by atoms with Crippen molar-refractivity contribution in [1.29, 1.82) is 0 Å².